The number of ether oxygens (including phenoxy) is 2. The van der Waals surface area contributed by atoms with E-state index in [1.807, 2.05) is 6.07 Å². The van der Waals surface area contributed by atoms with E-state index < -0.39 is 31.8 Å². The molecular weight excluding hydrogens is 590 g/mol. The lowest BCUT2D eigenvalue weighted by Gasteiger charge is -2.38. The fourth-order valence-corrected chi connectivity index (χ4v) is 7.88. The number of rotatable bonds is 10. The maximum absolute atomic E-state index is 13.4. The number of nitrogens with one attached hydrogen (secondary N) is 2. The van der Waals surface area contributed by atoms with Crippen molar-refractivity contribution in [1.82, 2.24) is 14.3 Å². The highest BCUT2D eigenvalue weighted by Crippen LogP contribution is 2.38. The van der Waals surface area contributed by atoms with Crippen LogP contribution in [0.15, 0.2) is 70.5 Å². The highest BCUT2D eigenvalue weighted by Gasteiger charge is 2.44. The lowest BCUT2D eigenvalue weighted by Crippen LogP contribution is -2.47. The zero-order valence-electron chi connectivity index (χ0n) is 22.6. The van der Waals surface area contributed by atoms with Gasteiger partial charge in [0.2, 0.25) is 20.0 Å². The number of halogens is 1. The quantitative estimate of drug-likeness (QED) is 0.314. The summed E-state index contributed by atoms with van der Waals surface area (Å²) in [5.74, 6) is 0.345. The fourth-order valence-electron chi connectivity index (χ4n) is 5.39. The summed E-state index contributed by atoms with van der Waals surface area (Å²) in [7, 11) is -5.91. The van der Waals surface area contributed by atoms with Crippen LogP contribution in [-0.2, 0) is 24.8 Å². The molecule has 2 aliphatic heterocycles. The number of piperidine rings is 1. The van der Waals surface area contributed by atoms with E-state index in [0.717, 1.165) is 10.8 Å². The molecule has 5 rings (SSSR count). The van der Waals surface area contributed by atoms with Crippen LogP contribution < -0.4 is 14.8 Å². The Morgan fingerprint density at radius 2 is 1.83 bits per heavy atom. The Kier molecular flexibility index (Phi) is 8.93. The zero-order chi connectivity index (χ0) is 29.3. The van der Waals surface area contributed by atoms with Gasteiger partial charge >= 0.3 is 0 Å². The van der Waals surface area contributed by atoms with Crippen molar-refractivity contribution < 1.29 is 31.4 Å². The van der Waals surface area contributed by atoms with Crippen LogP contribution >= 0.6 is 11.6 Å². The first-order chi connectivity index (χ1) is 19.5. The summed E-state index contributed by atoms with van der Waals surface area (Å²) in [4.78, 5) is 0.334. The van der Waals surface area contributed by atoms with Crippen molar-refractivity contribution in [3.8, 4) is 5.75 Å². The van der Waals surface area contributed by atoms with E-state index in [-0.39, 0.29) is 29.0 Å². The second-order valence-corrected chi connectivity index (χ2v) is 14.7. The van der Waals surface area contributed by atoms with Gasteiger partial charge in [0.1, 0.15) is 18.5 Å². The van der Waals surface area contributed by atoms with Gasteiger partial charge in [0.05, 0.1) is 22.0 Å². The maximum Gasteiger partial charge on any atom is 0.243 e. The molecular formula is C28H34ClN3O7S2. The third-order valence-electron chi connectivity index (χ3n) is 7.75. The largest absolute Gasteiger partial charge is 0.491 e. The van der Waals surface area contributed by atoms with Crippen molar-refractivity contribution in [3.63, 3.8) is 0 Å². The van der Waals surface area contributed by atoms with E-state index in [9.17, 15) is 21.9 Å². The molecule has 0 bridgehead atoms. The van der Waals surface area contributed by atoms with Crippen LogP contribution in [0, 0.1) is 0 Å². The minimum absolute atomic E-state index is 0.0113. The number of sulfonamides is 2. The monoisotopic (exact) mass is 623 g/mol. The molecule has 0 aromatic heterocycles. The Morgan fingerprint density at radius 3 is 2.59 bits per heavy atom. The van der Waals surface area contributed by atoms with Gasteiger partial charge in [-0.25, -0.2) is 21.6 Å². The van der Waals surface area contributed by atoms with E-state index in [1.54, 1.807) is 42.5 Å². The molecule has 3 aromatic carbocycles. The fraction of sp³-hybridized carbons (Fsp3) is 0.429. The molecule has 2 aliphatic rings. The molecule has 222 valence electrons. The van der Waals surface area contributed by atoms with Crippen LogP contribution in [0.2, 0.25) is 5.02 Å². The molecule has 3 aromatic rings. The van der Waals surface area contributed by atoms with E-state index in [0.29, 0.717) is 49.7 Å². The van der Waals surface area contributed by atoms with Crippen molar-refractivity contribution in [2.24, 2.45) is 0 Å². The predicted octanol–water partition coefficient (Wildman–Crippen LogP) is 2.74. The summed E-state index contributed by atoms with van der Waals surface area (Å²) >= 11 is 6.24. The summed E-state index contributed by atoms with van der Waals surface area (Å²) in [6.07, 6.45) is 1.06. The standard InChI is InChI=1S/C28H34ClN3O7S2/c1-30-40(34,35)24-6-3-5-23(15-24)38-19-22(33)17-31-21-16-28(39-18-21)10-12-32(13-11-28)41(36,37)25-8-9-26-20(14-25)4-2-7-27(26)29/h2-9,14-15,21-22,30-31,33H,10-13,16-19H2,1H3/t21?,22-/m0/s1. The SMILES string of the molecule is CNS(=O)(=O)c1cccc(OC[C@@H](O)CNC2COC3(CCN(S(=O)(=O)c4ccc5c(Cl)cccc5c4)CC3)C2)c1. The van der Waals surface area contributed by atoms with Crippen LogP contribution in [0.5, 0.6) is 5.75 Å². The topological polar surface area (TPSA) is 134 Å². The molecule has 0 amide bonds. The molecule has 41 heavy (non-hydrogen) atoms. The molecule has 0 radical (unpaired) electrons. The summed E-state index contributed by atoms with van der Waals surface area (Å²) < 4.78 is 66.3. The highest BCUT2D eigenvalue weighted by atomic mass is 35.5. The third-order valence-corrected chi connectivity index (χ3v) is 11.4. The van der Waals surface area contributed by atoms with E-state index in [1.165, 1.54) is 23.5 Å². The Hall–Kier alpha value is -2.29. The minimum atomic E-state index is -3.65. The van der Waals surface area contributed by atoms with Crippen molar-refractivity contribution in [1.29, 1.82) is 0 Å². The predicted molar refractivity (Wildman–Crippen MR) is 156 cm³/mol. The van der Waals surface area contributed by atoms with Gasteiger partial charge in [0.15, 0.2) is 0 Å². The molecule has 2 atom stereocenters. The molecule has 2 heterocycles. The first-order valence-electron chi connectivity index (χ1n) is 13.4. The average Bonchev–Trinajstić information content (AvgIpc) is 3.37. The smallest absolute Gasteiger partial charge is 0.243 e. The summed E-state index contributed by atoms with van der Waals surface area (Å²) in [6.45, 7) is 1.45. The van der Waals surface area contributed by atoms with Crippen LogP contribution in [0.3, 0.4) is 0 Å². The van der Waals surface area contributed by atoms with Gasteiger partial charge in [-0.05, 0) is 62.0 Å². The van der Waals surface area contributed by atoms with Crippen LogP contribution in [0.1, 0.15) is 19.3 Å². The molecule has 0 aliphatic carbocycles. The summed E-state index contributed by atoms with van der Waals surface area (Å²) in [5.41, 5.74) is -0.401. The summed E-state index contributed by atoms with van der Waals surface area (Å²) in [5, 5.41) is 15.9. The molecule has 13 heteroatoms. The number of aliphatic hydroxyl groups is 1. The number of aliphatic hydroxyl groups excluding tert-OH is 1. The maximum atomic E-state index is 13.4. The third kappa shape index (κ3) is 6.70. The van der Waals surface area contributed by atoms with E-state index in [2.05, 4.69) is 10.0 Å². The van der Waals surface area contributed by atoms with Gasteiger partial charge in [-0.1, -0.05) is 35.9 Å². The van der Waals surface area contributed by atoms with E-state index >= 15 is 0 Å². The molecule has 1 unspecified atom stereocenters. The average molecular weight is 624 g/mol. The number of hydrogen-bond donors (Lipinski definition) is 3. The molecule has 10 nitrogen and oxygen atoms in total. The van der Waals surface area contributed by atoms with Crippen molar-refractivity contribution in [2.45, 2.75) is 46.8 Å². The van der Waals surface area contributed by atoms with Crippen LogP contribution in [0.25, 0.3) is 10.8 Å². The molecule has 0 saturated carbocycles. The Labute approximate surface area is 245 Å². The Bertz CT molecular complexity index is 1610. The first kappa shape index (κ1) is 30.2. The Balaban J connectivity index is 1.10. The molecule has 2 saturated heterocycles. The second kappa shape index (κ2) is 12.1. The van der Waals surface area contributed by atoms with Crippen molar-refractivity contribution in [3.05, 3.63) is 65.7 Å². The van der Waals surface area contributed by atoms with Gasteiger partial charge in [-0.15, -0.1) is 0 Å². The number of fused-ring (bicyclic) bond motifs is 1. The summed E-state index contributed by atoms with van der Waals surface area (Å²) in [6, 6.07) is 16.6. The molecule has 1 spiro atoms. The minimum Gasteiger partial charge on any atom is -0.491 e. The van der Waals surface area contributed by atoms with Gasteiger partial charge in [0, 0.05) is 42.2 Å². The molecule has 3 N–H and O–H groups in total. The normalized spacial score (nSPS) is 20.4. The molecule has 2 fully saturated rings. The lowest BCUT2D eigenvalue weighted by atomic mass is 9.88. The zero-order valence-corrected chi connectivity index (χ0v) is 25.0. The van der Waals surface area contributed by atoms with Gasteiger partial charge in [-0.2, -0.15) is 4.31 Å². The van der Waals surface area contributed by atoms with Crippen LogP contribution in [0.4, 0.5) is 0 Å². The number of benzene rings is 3. The van der Waals surface area contributed by atoms with E-state index in [4.69, 9.17) is 21.1 Å². The Morgan fingerprint density at radius 1 is 1.07 bits per heavy atom. The van der Waals surface area contributed by atoms with Gasteiger partial charge in [-0.3, -0.25) is 0 Å². The second-order valence-electron chi connectivity index (χ2n) is 10.5. The lowest BCUT2D eigenvalue weighted by molar-refractivity contribution is -0.0312. The van der Waals surface area contributed by atoms with Gasteiger partial charge in [0.25, 0.3) is 0 Å². The van der Waals surface area contributed by atoms with Crippen molar-refractivity contribution >= 4 is 42.4 Å². The highest BCUT2D eigenvalue weighted by molar-refractivity contribution is 7.89. The first-order valence-corrected chi connectivity index (χ1v) is 16.7. The van der Waals surface area contributed by atoms with Crippen molar-refractivity contribution in [2.75, 3.05) is 39.9 Å². The van der Waals surface area contributed by atoms with Crippen LogP contribution in [-0.4, -0.2) is 83.9 Å². The van der Waals surface area contributed by atoms with Gasteiger partial charge < -0.3 is 19.9 Å². The number of hydrogen-bond acceptors (Lipinski definition) is 8. The number of nitrogens with zero attached hydrogens (tertiary/aromatic N) is 1.